The van der Waals surface area contributed by atoms with Crippen LogP contribution >= 0.6 is 0 Å². The number of ether oxygens (including phenoxy) is 2. The molecule has 0 N–H and O–H groups in total. The summed E-state index contributed by atoms with van der Waals surface area (Å²) in [6.45, 7) is -0.426. The van der Waals surface area contributed by atoms with Crippen LogP contribution < -0.4 is 0 Å². The molecule has 0 saturated heterocycles. The Hall–Kier alpha value is -1.56. The van der Waals surface area contributed by atoms with Gasteiger partial charge in [-0.1, -0.05) is 12.1 Å². The van der Waals surface area contributed by atoms with Gasteiger partial charge in [-0.05, 0) is 17.7 Å². The average Bonchev–Trinajstić information content (AvgIpc) is 2.26. The number of esters is 1. The fourth-order valence-corrected chi connectivity index (χ4v) is 1.16. The first-order valence-corrected chi connectivity index (χ1v) is 4.74. The Kier molecular flexibility index (Phi) is 4.51. The van der Waals surface area contributed by atoms with E-state index in [2.05, 4.69) is 4.74 Å². The van der Waals surface area contributed by atoms with Gasteiger partial charge in [-0.25, -0.2) is 4.79 Å². The maximum atomic E-state index is 12.4. The van der Waals surface area contributed by atoms with Crippen LogP contribution in [0.4, 0.5) is 13.2 Å². The van der Waals surface area contributed by atoms with E-state index in [1.54, 1.807) is 0 Å². The van der Waals surface area contributed by atoms with Crippen LogP contribution in [0, 0.1) is 0 Å². The smallest absolute Gasteiger partial charge is 0.416 e. The summed E-state index contributed by atoms with van der Waals surface area (Å²) < 4.78 is 46.3. The summed E-state index contributed by atoms with van der Waals surface area (Å²) in [5, 5.41) is 0. The molecule has 3 nitrogen and oxygen atoms in total. The zero-order valence-electron chi connectivity index (χ0n) is 9.08. The monoisotopic (exact) mass is 248 g/mol. The maximum absolute atomic E-state index is 12.4. The van der Waals surface area contributed by atoms with Crippen LogP contribution in [-0.4, -0.2) is 19.7 Å². The minimum Gasteiger partial charge on any atom is -0.459 e. The second-order valence-corrected chi connectivity index (χ2v) is 3.29. The molecule has 6 heteroatoms. The van der Waals surface area contributed by atoms with Gasteiger partial charge in [0.05, 0.1) is 5.56 Å². The van der Waals surface area contributed by atoms with Crippen molar-refractivity contribution < 1.29 is 27.4 Å². The van der Waals surface area contributed by atoms with E-state index in [1.807, 2.05) is 0 Å². The normalized spacial score (nSPS) is 11.3. The van der Waals surface area contributed by atoms with E-state index >= 15 is 0 Å². The largest absolute Gasteiger partial charge is 0.459 e. The molecule has 0 atom stereocenters. The Labute approximate surface area is 96.1 Å². The summed E-state index contributed by atoms with van der Waals surface area (Å²) in [5.74, 6) is -0.620. The number of benzene rings is 1. The summed E-state index contributed by atoms with van der Waals surface area (Å²) in [5.41, 5.74) is -0.484. The summed E-state index contributed by atoms with van der Waals surface area (Å²) >= 11 is 0. The molecule has 0 radical (unpaired) electrons. The van der Waals surface area contributed by atoms with Crippen LogP contribution in [0.2, 0.25) is 0 Å². The second-order valence-electron chi connectivity index (χ2n) is 3.29. The minimum absolute atomic E-state index is 0.202. The van der Waals surface area contributed by atoms with Gasteiger partial charge in [0, 0.05) is 7.11 Å². The topological polar surface area (TPSA) is 35.5 Å². The second kappa shape index (κ2) is 5.67. The van der Waals surface area contributed by atoms with E-state index in [0.29, 0.717) is 0 Å². The first kappa shape index (κ1) is 13.5. The molecule has 17 heavy (non-hydrogen) atoms. The number of rotatable bonds is 4. The van der Waals surface area contributed by atoms with Crippen LogP contribution in [0.5, 0.6) is 0 Å². The lowest BCUT2D eigenvalue weighted by atomic mass is 10.1. The fourth-order valence-electron chi connectivity index (χ4n) is 1.16. The van der Waals surface area contributed by atoms with Crippen LogP contribution in [0.3, 0.4) is 0 Å². The summed E-state index contributed by atoms with van der Waals surface area (Å²) in [7, 11) is 1.32. The van der Waals surface area contributed by atoms with Gasteiger partial charge in [0.15, 0.2) is 0 Å². The number of halogens is 3. The van der Waals surface area contributed by atoms with E-state index in [-0.39, 0.29) is 18.8 Å². The predicted molar refractivity (Wildman–Crippen MR) is 53.1 cm³/mol. The van der Waals surface area contributed by atoms with Crippen molar-refractivity contribution in [2.24, 2.45) is 0 Å². The summed E-state index contributed by atoms with van der Waals surface area (Å²) in [6, 6.07) is 4.62. The molecule has 0 fully saturated rings. The Balaban J connectivity index is 2.64. The molecule has 0 bridgehead atoms. The predicted octanol–water partition coefficient (Wildman–Crippen LogP) is 2.40. The Morgan fingerprint density at radius 3 is 2.65 bits per heavy atom. The third-order valence-electron chi connectivity index (χ3n) is 1.92. The highest BCUT2D eigenvalue weighted by Crippen LogP contribution is 2.29. The summed E-state index contributed by atoms with van der Waals surface area (Å²) in [4.78, 5) is 10.9. The minimum atomic E-state index is -4.40. The van der Waals surface area contributed by atoms with Crippen molar-refractivity contribution in [3.8, 4) is 0 Å². The van der Waals surface area contributed by atoms with Gasteiger partial charge < -0.3 is 9.47 Å². The van der Waals surface area contributed by atoms with Crippen LogP contribution in [0.1, 0.15) is 11.1 Å². The van der Waals surface area contributed by atoms with E-state index in [9.17, 15) is 18.0 Å². The van der Waals surface area contributed by atoms with Crippen molar-refractivity contribution in [2.75, 3.05) is 13.7 Å². The van der Waals surface area contributed by atoms with E-state index < -0.39 is 17.7 Å². The lowest BCUT2D eigenvalue weighted by Gasteiger charge is -2.09. The molecule has 0 aromatic heterocycles. The number of alkyl halides is 3. The van der Waals surface area contributed by atoms with Crippen molar-refractivity contribution in [2.45, 2.75) is 12.8 Å². The highest BCUT2D eigenvalue weighted by molar-refractivity contribution is 5.70. The molecule has 0 spiro atoms. The average molecular weight is 248 g/mol. The maximum Gasteiger partial charge on any atom is 0.416 e. The lowest BCUT2D eigenvalue weighted by molar-refractivity contribution is -0.149. The molecule has 1 rings (SSSR count). The standard InChI is InChI=1S/C11H11F3O3/c1-16-7-10(15)17-6-8-3-2-4-9(5-8)11(12,13)14/h2-5H,6-7H2,1H3. The number of methoxy groups -OCH3 is 1. The first-order chi connectivity index (χ1) is 7.93. The molecule has 0 amide bonds. The van der Waals surface area contributed by atoms with Gasteiger partial charge in [-0.2, -0.15) is 13.2 Å². The molecule has 1 aromatic carbocycles. The van der Waals surface area contributed by atoms with Crippen molar-refractivity contribution in [3.63, 3.8) is 0 Å². The third kappa shape index (κ3) is 4.44. The fraction of sp³-hybridized carbons (Fsp3) is 0.364. The molecule has 0 aliphatic carbocycles. The van der Waals surface area contributed by atoms with Crippen LogP contribution in [-0.2, 0) is 27.1 Å². The molecular formula is C11H11F3O3. The van der Waals surface area contributed by atoms with Crippen LogP contribution in [0.25, 0.3) is 0 Å². The molecule has 1 aromatic rings. The molecule has 0 aliphatic heterocycles. The molecule has 0 heterocycles. The highest BCUT2D eigenvalue weighted by atomic mass is 19.4. The Bertz CT molecular complexity index is 388. The van der Waals surface area contributed by atoms with Crippen LogP contribution in [0.15, 0.2) is 24.3 Å². The van der Waals surface area contributed by atoms with E-state index in [4.69, 9.17) is 4.74 Å². The molecule has 94 valence electrons. The zero-order chi connectivity index (χ0) is 12.9. The van der Waals surface area contributed by atoms with Crippen molar-refractivity contribution >= 4 is 5.97 Å². The van der Waals surface area contributed by atoms with Gasteiger partial charge in [0.1, 0.15) is 13.2 Å². The number of hydrogen-bond donors (Lipinski definition) is 0. The SMILES string of the molecule is COCC(=O)OCc1cccc(C(F)(F)F)c1. The van der Waals surface area contributed by atoms with Gasteiger partial charge in [-0.15, -0.1) is 0 Å². The van der Waals surface area contributed by atoms with Crippen molar-refractivity contribution in [3.05, 3.63) is 35.4 Å². The number of carbonyl (C=O) groups excluding carboxylic acids is 1. The third-order valence-corrected chi connectivity index (χ3v) is 1.92. The van der Waals surface area contributed by atoms with Gasteiger partial charge in [0.2, 0.25) is 0 Å². The number of hydrogen-bond acceptors (Lipinski definition) is 3. The van der Waals surface area contributed by atoms with Gasteiger partial charge >= 0.3 is 12.1 Å². The van der Waals surface area contributed by atoms with Crippen molar-refractivity contribution in [1.29, 1.82) is 0 Å². The lowest BCUT2D eigenvalue weighted by Crippen LogP contribution is -2.11. The van der Waals surface area contributed by atoms with Gasteiger partial charge in [0.25, 0.3) is 0 Å². The highest BCUT2D eigenvalue weighted by Gasteiger charge is 2.30. The molecule has 0 saturated carbocycles. The summed E-state index contributed by atoms with van der Waals surface area (Å²) in [6.07, 6.45) is -4.40. The van der Waals surface area contributed by atoms with Crippen molar-refractivity contribution in [1.82, 2.24) is 0 Å². The van der Waals surface area contributed by atoms with Gasteiger partial charge in [-0.3, -0.25) is 0 Å². The molecule has 0 unspecified atom stereocenters. The Morgan fingerprint density at radius 2 is 2.06 bits per heavy atom. The van der Waals surface area contributed by atoms with E-state index in [0.717, 1.165) is 12.1 Å². The zero-order valence-corrected chi connectivity index (χ0v) is 9.08. The Morgan fingerprint density at radius 1 is 1.35 bits per heavy atom. The van der Waals surface area contributed by atoms with E-state index in [1.165, 1.54) is 19.2 Å². The molecular weight excluding hydrogens is 237 g/mol. The first-order valence-electron chi connectivity index (χ1n) is 4.74. The quantitative estimate of drug-likeness (QED) is 0.767. The number of carbonyl (C=O) groups is 1. The molecule has 0 aliphatic rings.